The molecule has 1 saturated carbocycles. The van der Waals surface area contributed by atoms with Crippen molar-refractivity contribution in [3.05, 3.63) is 0 Å². The Hall–Kier alpha value is -0.760. The molecule has 0 amide bonds. The molecule has 1 unspecified atom stereocenters. The Morgan fingerprint density at radius 3 is 2.43 bits per heavy atom. The molecule has 0 N–H and O–H groups in total. The van der Waals surface area contributed by atoms with E-state index in [0.29, 0.717) is 0 Å². The van der Waals surface area contributed by atoms with Crippen molar-refractivity contribution in [2.24, 2.45) is 0 Å². The van der Waals surface area contributed by atoms with Gasteiger partial charge in [0.2, 0.25) is 0 Å². The fourth-order valence-corrected chi connectivity index (χ4v) is 1.51. The molecule has 14 heavy (non-hydrogen) atoms. The van der Waals surface area contributed by atoms with Gasteiger partial charge in [-0.3, -0.25) is 4.90 Å². The average Bonchev–Trinajstić information content (AvgIpc) is 2.81. The van der Waals surface area contributed by atoms with Gasteiger partial charge in [-0.1, -0.05) is 0 Å². The molecule has 2 nitrogen and oxygen atoms in total. The van der Waals surface area contributed by atoms with Gasteiger partial charge in [0.25, 0.3) is 0 Å². The number of hydrogen-bond acceptors (Lipinski definition) is 2. The van der Waals surface area contributed by atoms with E-state index in [4.69, 9.17) is 5.26 Å². The monoisotopic (exact) mass is 206 g/mol. The molecule has 0 radical (unpaired) electrons. The molecule has 1 aliphatic carbocycles. The Morgan fingerprint density at radius 1 is 1.50 bits per heavy atom. The van der Waals surface area contributed by atoms with Crippen molar-refractivity contribution < 1.29 is 13.2 Å². The molecule has 0 bridgehead atoms. The van der Waals surface area contributed by atoms with Gasteiger partial charge in [0.1, 0.15) is 0 Å². The first-order valence-electron chi connectivity index (χ1n) is 4.63. The van der Waals surface area contributed by atoms with Crippen LogP contribution in [0.1, 0.15) is 26.2 Å². The largest absolute Gasteiger partial charge is 0.401 e. The first-order valence-corrected chi connectivity index (χ1v) is 4.63. The minimum Gasteiger partial charge on any atom is -0.288 e. The summed E-state index contributed by atoms with van der Waals surface area (Å²) in [6, 6.07) is 1.65. The van der Waals surface area contributed by atoms with E-state index in [-0.39, 0.29) is 18.5 Å². The summed E-state index contributed by atoms with van der Waals surface area (Å²) in [4.78, 5) is 1.39. The molecule has 0 heterocycles. The van der Waals surface area contributed by atoms with Crippen molar-refractivity contribution in [3.8, 4) is 6.07 Å². The van der Waals surface area contributed by atoms with Gasteiger partial charge in [0.15, 0.2) is 0 Å². The standard InChI is InChI=1S/C9H13F3N2/c1-7(4-5-13)14(8-2-3-8)6-9(10,11)12/h7-8H,2-4,6H2,1H3. The maximum atomic E-state index is 12.2. The zero-order chi connectivity index (χ0) is 10.8. The van der Waals surface area contributed by atoms with Gasteiger partial charge in [-0.15, -0.1) is 0 Å². The lowest BCUT2D eigenvalue weighted by molar-refractivity contribution is -0.151. The van der Waals surface area contributed by atoms with Gasteiger partial charge in [0.05, 0.1) is 19.0 Å². The normalized spacial score (nSPS) is 19.4. The topological polar surface area (TPSA) is 27.0 Å². The molecule has 0 aliphatic heterocycles. The van der Waals surface area contributed by atoms with Crippen LogP contribution in [0.4, 0.5) is 13.2 Å². The smallest absolute Gasteiger partial charge is 0.288 e. The van der Waals surface area contributed by atoms with Gasteiger partial charge < -0.3 is 0 Å². The fourth-order valence-electron chi connectivity index (χ4n) is 1.51. The number of halogens is 3. The summed E-state index contributed by atoms with van der Waals surface area (Å²) in [6.07, 6.45) is -2.35. The second kappa shape index (κ2) is 4.18. The van der Waals surface area contributed by atoms with Gasteiger partial charge >= 0.3 is 6.18 Å². The maximum Gasteiger partial charge on any atom is 0.401 e. The summed E-state index contributed by atoms with van der Waals surface area (Å²) in [5.74, 6) is 0. The molecule has 1 fully saturated rings. The van der Waals surface area contributed by atoms with Crippen LogP contribution in [0.15, 0.2) is 0 Å². The lowest BCUT2D eigenvalue weighted by atomic mass is 10.2. The summed E-state index contributed by atoms with van der Waals surface area (Å²) in [7, 11) is 0. The van der Waals surface area contributed by atoms with Crippen LogP contribution >= 0.6 is 0 Å². The van der Waals surface area contributed by atoms with Crippen LogP contribution in [0.2, 0.25) is 0 Å². The summed E-state index contributed by atoms with van der Waals surface area (Å²) in [5, 5.41) is 8.43. The third-order valence-corrected chi connectivity index (χ3v) is 2.33. The van der Waals surface area contributed by atoms with Gasteiger partial charge in [-0.25, -0.2) is 0 Å². The Bertz CT molecular complexity index is 227. The minimum atomic E-state index is -4.16. The number of hydrogen-bond donors (Lipinski definition) is 0. The van der Waals surface area contributed by atoms with Crippen LogP contribution < -0.4 is 0 Å². The van der Waals surface area contributed by atoms with Crippen molar-refractivity contribution in [2.45, 2.75) is 44.4 Å². The predicted octanol–water partition coefficient (Wildman–Crippen LogP) is 2.32. The lowest BCUT2D eigenvalue weighted by Gasteiger charge is -2.28. The van der Waals surface area contributed by atoms with Gasteiger partial charge in [-0.05, 0) is 19.8 Å². The Labute approximate surface area is 81.3 Å². The molecule has 0 aromatic carbocycles. The summed E-state index contributed by atoms with van der Waals surface area (Å²) in [5.41, 5.74) is 0. The third-order valence-electron chi connectivity index (χ3n) is 2.33. The molecule has 1 aliphatic rings. The van der Waals surface area contributed by atoms with E-state index < -0.39 is 12.7 Å². The summed E-state index contributed by atoms with van der Waals surface area (Å²) >= 11 is 0. The van der Waals surface area contributed by atoms with Crippen LogP contribution in [-0.2, 0) is 0 Å². The van der Waals surface area contributed by atoms with E-state index in [1.807, 2.05) is 6.07 Å². The second-order valence-electron chi connectivity index (χ2n) is 3.73. The lowest BCUT2D eigenvalue weighted by Crippen LogP contribution is -2.41. The Balaban J connectivity index is 2.51. The van der Waals surface area contributed by atoms with Crippen molar-refractivity contribution >= 4 is 0 Å². The average molecular weight is 206 g/mol. The molecule has 0 aromatic heterocycles. The van der Waals surface area contributed by atoms with Gasteiger partial charge in [-0.2, -0.15) is 18.4 Å². The summed E-state index contributed by atoms with van der Waals surface area (Å²) < 4.78 is 36.5. The molecule has 1 rings (SSSR count). The quantitative estimate of drug-likeness (QED) is 0.705. The number of alkyl halides is 3. The van der Waals surface area contributed by atoms with Crippen LogP contribution in [0.5, 0.6) is 0 Å². The van der Waals surface area contributed by atoms with Gasteiger partial charge in [0, 0.05) is 12.1 Å². The van der Waals surface area contributed by atoms with Crippen molar-refractivity contribution in [1.82, 2.24) is 4.90 Å². The molecule has 0 saturated heterocycles. The molecule has 5 heteroatoms. The first-order chi connectivity index (χ1) is 6.44. The van der Waals surface area contributed by atoms with E-state index in [1.165, 1.54) is 4.90 Å². The highest BCUT2D eigenvalue weighted by molar-refractivity contribution is 4.91. The molecule has 80 valence electrons. The highest BCUT2D eigenvalue weighted by Crippen LogP contribution is 2.32. The summed E-state index contributed by atoms with van der Waals surface area (Å²) in [6.45, 7) is 0.786. The van der Waals surface area contributed by atoms with Crippen molar-refractivity contribution in [1.29, 1.82) is 5.26 Å². The van der Waals surface area contributed by atoms with E-state index in [2.05, 4.69) is 0 Å². The number of nitrogens with zero attached hydrogens (tertiary/aromatic N) is 2. The first kappa shape index (κ1) is 11.3. The second-order valence-corrected chi connectivity index (χ2v) is 3.73. The molecule has 1 atom stereocenters. The number of rotatable bonds is 4. The Morgan fingerprint density at radius 2 is 2.07 bits per heavy atom. The van der Waals surface area contributed by atoms with Crippen molar-refractivity contribution in [3.63, 3.8) is 0 Å². The highest BCUT2D eigenvalue weighted by atomic mass is 19.4. The van der Waals surface area contributed by atoms with Crippen LogP contribution in [0, 0.1) is 11.3 Å². The molecular weight excluding hydrogens is 193 g/mol. The van der Waals surface area contributed by atoms with Crippen LogP contribution in [-0.4, -0.2) is 29.7 Å². The predicted molar refractivity (Wildman–Crippen MR) is 45.5 cm³/mol. The molecule has 0 spiro atoms. The zero-order valence-electron chi connectivity index (χ0n) is 8.01. The van der Waals surface area contributed by atoms with Crippen molar-refractivity contribution in [2.75, 3.05) is 6.54 Å². The fraction of sp³-hybridized carbons (Fsp3) is 0.889. The zero-order valence-corrected chi connectivity index (χ0v) is 8.01. The van der Waals surface area contributed by atoms with Crippen LogP contribution in [0.3, 0.4) is 0 Å². The molecule has 0 aromatic rings. The third kappa shape index (κ3) is 3.54. The van der Waals surface area contributed by atoms with E-state index in [0.717, 1.165) is 12.8 Å². The van der Waals surface area contributed by atoms with E-state index >= 15 is 0 Å². The van der Waals surface area contributed by atoms with Crippen LogP contribution in [0.25, 0.3) is 0 Å². The van der Waals surface area contributed by atoms with E-state index in [1.54, 1.807) is 6.92 Å². The SMILES string of the molecule is CC(CC#N)N(CC(F)(F)F)C1CC1. The maximum absolute atomic E-state index is 12.2. The number of nitriles is 1. The highest BCUT2D eigenvalue weighted by Gasteiger charge is 2.39. The molecular formula is C9H13F3N2. The minimum absolute atomic E-state index is 0.0416. The Kier molecular flexibility index (Phi) is 3.38. The van der Waals surface area contributed by atoms with E-state index in [9.17, 15) is 13.2 Å².